The van der Waals surface area contributed by atoms with Crippen LogP contribution < -0.4 is 14.2 Å². The molecule has 2 heterocycles. The van der Waals surface area contributed by atoms with Crippen molar-refractivity contribution in [3.63, 3.8) is 0 Å². The van der Waals surface area contributed by atoms with Crippen LogP contribution in [0.3, 0.4) is 0 Å². The number of aromatic carboxylic acids is 1. The maximum Gasteiger partial charge on any atom is 0.341 e. The zero-order valence-electron chi connectivity index (χ0n) is 26.8. The highest BCUT2D eigenvalue weighted by Gasteiger charge is 2.55. The smallest absolute Gasteiger partial charge is 0.341 e. The number of benzene rings is 6. The number of aryl methyl sites for hydroxylation is 1. The van der Waals surface area contributed by atoms with Gasteiger partial charge in [-0.1, -0.05) is 72.3 Å². The van der Waals surface area contributed by atoms with Gasteiger partial charge in [-0.2, -0.15) is 0 Å². The van der Waals surface area contributed by atoms with Gasteiger partial charge in [-0.25, -0.2) is 9.59 Å². The number of rotatable bonds is 4. The van der Waals surface area contributed by atoms with Gasteiger partial charge in [0.2, 0.25) is 0 Å². The predicted molar refractivity (Wildman–Crippen MR) is 184 cm³/mol. The van der Waals surface area contributed by atoms with Crippen LogP contribution in [0.5, 0.6) is 23.0 Å². The number of esters is 3. The Labute approximate surface area is 289 Å². The van der Waals surface area contributed by atoms with Crippen molar-refractivity contribution < 1.29 is 43.2 Å². The number of carboxylic acid groups (broad SMARTS) is 1. The predicted octanol–water partition coefficient (Wildman–Crippen LogP) is 8.74. The van der Waals surface area contributed by atoms with Crippen molar-refractivity contribution >= 4 is 57.0 Å². The van der Waals surface area contributed by atoms with E-state index >= 15 is 0 Å². The molecule has 0 bridgehead atoms. The Morgan fingerprint density at radius 3 is 1.86 bits per heavy atom. The fraction of sp³-hybridized carbons (Fsp3) is 0.100. The van der Waals surface area contributed by atoms with Crippen molar-refractivity contribution in [2.45, 2.75) is 26.4 Å². The number of fused-ring (bicyclic) bond motifs is 8. The van der Waals surface area contributed by atoms with Crippen LogP contribution in [0.2, 0.25) is 5.02 Å². The Kier molecular flexibility index (Phi) is 6.95. The number of carbonyl (C=O) groups excluding carboxylic acids is 3. The minimum absolute atomic E-state index is 0.00484. The van der Waals surface area contributed by atoms with Gasteiger partial charge in [0, 0.05) is 53.8 Å². The van der Waals surface area contributed by atoms with Crippen LogP contribution in [0.25, 0.3) is 32.7 Å². The first kappa shape index (κ1) is 31.1. The molecule has 0 saturated heterocycles. The van der Waals surface area contributed by atoms with Gasteiger partial charge in [0.15, 0.2) is 11.4 Å². The third-order valence-electron chi connectivity index (χ3n) is 9.20. The molecule has 0 aromatic heterocycles. The van der Waals surface area contributed by atoms with Gasteiger partial charge in [0.05, 0.1) is 16.1 Å². The Balaban J connectivity index is 1.52. The van der Waals surface area contributed by atoms with Crippen molar-refractivity contribution in [1.29, 1.82) is 0 Å². The summed E-state index contributed by atoms with van der Waals surface area (Å²) < 4.78 is 24.0. The average molecular weight is 685 g/mol. The van der Waals surface area contributed by atoms with Crippen LogP contribution in [-0.4, -0.2) is 29.0 Å². The molecule has 1 spiro atoms. The Bertz CT molecular complexity index is 2480. The number of carbonyl (C=O) groups is 4. The molecular formula is C40H25ClO9. The minimum atomic E-state index is -1.78. The van der Waals surface area contributed by atoms with Gasteiger partial charge < -0.3 is 24.1 Å². The summed E-state index contributed by atoms with van der Waals surface area (Å²) >= 11 is 6.67. The van der Waals surface area contributed by atoms with E-state index in [0.717, 1.165) is 32.7 Å². The SMILES string of the molecule is CC(=O)Oc1cc2c(cc1Cl)C1(OC(=O)c3c(C(=O)O)cccc31)c1cc(-c3c4ccccc4c(C)c4ccccc34)c(OC(C)=O)cc1O2. The van der Waals surface area contributed by atoms with E-state index in [4.69, 9.17) is 30.5 Å². The van der Waals surface area contributed by atoms with Crippen molar-refractivity contribution in [3.8, 4) is 34.1 Å². The van der Waals surface area contributed by atoms with Crippen molar-refractivity contribution in [1.82, 2.24) is 0 Å². The monoisotopic (exact) mass is 684 g/mol. The van der Waals surface area contributed by atoms with E-state index < -0.39 is 29.5 Å². The molecule has 1 unspecified atom stereocenters. The average Bonchev–Trinajstić information content (AvgIpc) is 3.38. The summed E-state index contributed by atoms with van der Waals surface area (Å²) in [5.74, 6) is -2.94. The molecule has 50 heavy (non-hydrogen) atoms. The van der Waals surface area contributed by atoms with Crippen LogP contribution in [0.4, 0.5) is 0 Å². The zero-order valence-corrected chi connectivity index (χ0v) is 27.5. The molecule has 2 aliphatic heterocycles. The van der Waals surface area contributed by atoms with E-state index in [2.05, 4.69) is 6.92 Å². The second-order valence-corrected chi connectivity index (χ2v) is 12.5. The second-order valence-electron chi connectivity index (χ2n) is 12.1. The number of ether oxygens (including phenoxy) is 4. The standard InChI is InChI=1S/C40H25ClO9/c1-19-22-9-4-6-11-24(22)36(25-12-7-5-10-23(19)25)27-15-29-33(17-32(27)47-20(2)42)49-34-18-35(48-21(3)43)31(41)16-30(34)40(29)28-14-8-13-26(38(44)45)37(28)39(46)50-40/h4-18H,1-3H3,(H,44,45). The van der Waals surface area contributed by atoms with E-state index in [1.165, 1.54) is 38.1 Å². The number of halogens is 1. The fourth-order valence-electron chi connectivity index (χ4n) is 7.27. The maximum atomic E-state index is 13.8. The van der Waals surface area contributed by atoms with Gasteiger partial charge in [0.1, 0.15) is 17.2 Å². The van der Waals surface area contributed by atoms with Crippen LogP contribution in [0.15, 0.2) is 91.0 Å². The lowest BCUT2D eigenvalue weighted by atomic mass is 9.76. The molecule has 0 radical (unpaired) electrons. The molecule has 0 fully saturated rings. The molecule has 6 aromatic rings. The van der Waals surface area contributed by atoms with Gasteiger partial charge in [0.25, 0.3) is 0 Å². The van der Waals surface area contributed by atoms with E-state index in [1.54, 1.807) is 18.2 Å². The van der Waals surface area contributed by atoms with Crippen LogP contribution in [0.1, 0.15) is 56.8 Å². The molecule has 0 aliphatic carbocycles. The van der Waals surface area contributed by atoms with Crippen LogP contribution >= 0.6 is 11.6 Å². The summed E-state index contributed by atoms with van der Waals surface area (Å²) in [4.78, 5) is 50.8. The summed E-state index contributed by atoms with van der Waals surface area (Å²) in [5, 5.41) is 13.9. The molecule has 2 aliphatic rings. The van der Waals surface area contributed by atoms with Crippen LogP contribution in [0, 0.1) is 6.92 Å². The lowest BCUT2D eigenvalue weighted by molar-refractivity contribution is -0.132. The first-order chi connectivity index (χ1) is 24.0. The normalized spacial score (nSPS) is 15.6. The van der Waals surface area contributed by atoms with Crippen molar-refractivity contribution in [3.05, 3.63) is 129 Å². The molecule has 1 N–H and O–H groups in total. The van der Waals surface area contributed by atoms with E-state index in [-0.39, 0.29) is 50.3 Å². The van der Waals surface area contributed by atoms with Gasteiger partial charge >= 0.3 is 23.9 Å². The lowest BCUT2D eigenvalue weighted by Crippen LogP contribution is -2.33. The summed E-state index contributed by atoms with van der Waals surface area (Å²) in [5.41, 5.74) is 1.02. The van der Waals surface area contributed by atoms with Crippen molar-refractivity contribution in [2.75, 3.05) is 0 Å². The summed E-state index contributed by atoms with van der Waals surface area (Å²) in [6.07, 6.45) is 0. The largest absolute Gasteiger partial charge is 0.478 e. The van der Waals surface area contributed by atoms with E-state index in [1.807, 2.05) is 48.5 Å². The maximum absolute atomic E-state index is 13.8. The third kappa shape index (κ3) is 4.47. The molecule has 1 atom stereocenters. The highest BCUT2D eigenvalue weighted by Crippen LogP contribution is 2.60. The Hall–Kier alpha value is -6.19. The minimum Gasteiger partial charge on any atom is -0.478 e. The number of carboxylic acids is 1. The molecule has 0 saturated carbocycles. The highest BCUT2D eigenvalue weighted by atomic mass is 35.5. The Morgan fingerprint density at radius 2 is 1.26 bits per heavy atom. The summed E-state index contributed by atoms with van der Waals surface area (Å²) in [6, 6.07) is 26.5. The molecule has 8 rings (SSSR count). The second kappa shape index (κ2) is 11.2. The van der Waals surface area contributed by atoms with E-state index in [0.29, 0.717) is 11.1 Å². The lowest BCUT2D eigenvalue weighted by Gasteiger charge is -2.37. The van der Waals surface area contributed by atoms with Gasteiger partial charge in [-0.15, -0.1) is 0 Å². The Morgan fingerprint density at radius 1 is 0.700 bits per heavy atom. The molecule has 10 heteroatoms. The molecule has 246 valence electrons. The molecule has 9 nitrogen and oxygen atoms in total. The first-order valence-electron chi connectivity index (χ1n) is 15.6. The van der Waals surface area contributed by atoms with Crippen LogP contribution in [-0.2, 0) is 19.9 Å². The third-order valence-corrected chi connectivity index (χ3v) is 9.49. The number of hydrogen-bond acceptors (Lipinski definition) is 8. The first-order valence-corrected chi connectivity index (χ1v) is 15.9. The quantitative estimate of drug-likeness (QED) is 0.110. The zero-order chi connectivity index (χ0) is 35.1. The fourth-order valence-corrected chi connectivity index (χ4v) is 7.47. The topological polar surface area (TPSA) is 125 Å². The highest BCUT2D eigenvalue weighted by molar-refractivity contribution is 6.32. The summed E-state index contributed by atoms with van der Waals surface area (Å²) in [7, 11) is 0. The van der Waals surface area contributed by atoms with Crippen molar-refractivity contribution in [2.24, 2.45) is 0 Å². The summed E-state index contributed by atoms with van der Waals surface area (Å²) in [6.45, 7) is 4.57. The van der Waals surface area contributed by atoms with Gasteiger partial charge in [-0.05, 0) is 52.2 Å². The number of hydrogen-bond donors (Lipinski definition) is 1. The molecule has 0 amide bonds. The molecular weight excluding hydrogens is 660 g/mol. The van der Waals surface area contributed by atoms with Gasteiger partial charge in [-0.3, -0.25) is 9.59 Å². The molecule has 6 aromatic carbocycles. The van der Waals surface area contributed by atoms with E-state index in [9.17, 15) is 24.3 Å².